The molecule has 0 saturated carbocycles. The molecule has 1 saturated heterocycles. The predicted octanol–water partition coefficient (Wildman–Crippen LogP) is 0.462. The van der Waals surface area contributed by atoms with E-state index in [9.17, 15) is 0 Å². The molecular formula is C12H21N5O. The summed E-state index contributed by atoms with van der Waals surface area (Å²) in [4.78, 5) is 10.7. The molecule has 2 heterocycles. The first-order valence-corrected chi connectivity index (χ1v) is 6.35. The number of hydrogen-bond acceptors (Lipinski definition) is 6. The van der Waals surface area contributed by atoms with Crippen molar-refractivity contribution in [2.75, 3.05) is 43.6 Å². The monoisotopic (exact) mass is 251 g/mol. The molecule has 0 aliphatic carbocycles. The SMILES string of the molecule is COCCCNc1cc(N2CCC(N)C2)ncn1. The van der Waals surface area contributed by atoms with E-state index in [-0.39, 0.29) is 6.04 Å². The Bertz CT molecular complexity index is 373. The van der Waals surface area contributed by atoms with Gasteiger partial charge >= 0.3 is 0 Å². The molecule has 0 aromatic carbocycles. The van der Waals surface area contributed by atoms with Gasteiger partial charge in [0.15, 0.2) is 0 Å². The predicted molar refractivity (Wildman–Crippen MR) is 71.8 cm³/mol. The summed E-state index contributed by atoms with van der Waals surface area (Å²) in [6.45, 7) is 3.46. The number of nitrogens with zero attached hydrogens (tertiary/aromatic N) is 3. The fourth-order valence-electron chi connectivity index (χ4n) is 2.05. The molecule has 1 fully saturated rings. The van der Waals surface area contributed by atoms with Crippen molar-refractivity contribution in [2.45, 2.75) is 18.9 Å². The van der Waals surface area contributed by atoms with Crippen LogP contribution in [0.1, 0.15) is 12.8 Å². The van der Waals surface area contributed by atoms with Crippen molar-refractivity contribution in [3.63, 3.8) is 0 Å². The molecule has 6 heteroatoms. The normalized spacial score (nSPS) is 19.2. The second kappa shape index (κ2) is 6.51. The molecular weight excluding hydrogens is 230 g/mol. The number of nitrogens with one attached hydrogen (secondary N) is 1. The van der Waals surface area contributed by atoms with Crippen molar-refractivity contribution in [3.8, 4) is 0 Å². The van der Waals surface area contributed by atoms with Crippen LogP contribution in [0.4, 0.5) is 11.6 Å². The van der Waals surface area contributed by atoms with Crippen molar-refractivity contribution in [2.24, 2.45) is 5.73 Å². The van der Waals surface area contributed by atoms with Gasteiger partial charge in [0.2, 0.25) is 0 Å². The van der Waals surface area contributed by atoms with Crippen molar-refractivity contribution >= 4 is 11.6 Å². The average Bonchev–Trinajstić information content (AvgIpc) is 2.82. The largest absolute Gasteiger partial charge is 0.385 e. The molecule has 100 valence electrons. The third-order valence-corrected chi connectivity index (χ3v) is 3.03. The van der Waals surface area contributed by atoms with Gasteiger partial charge < -0.3 is 20.7 Å². The van der Waals surface area contributed by atoms with Gasteiger partial charge in [-0.1, -0.05) is 0 Å². The van der Waals surface area contributed by atoms with E-state index in [0.29, 0.717) is 0 Å². The van der Waals surface area contributed by atoms with E-state index in [1.54, 1.807) is 13.4 Å². The molecule has 18 heavy (non-hydrogen) atoms. The highest BCUT2D eigenvalue weighted by atomic mass is 16.5. The number of methoxy groups -OCH3 is 1. The number of aromatic nitrogens is 2. The second-order valence-electron chi connectivity index (χ2n) is 4.53. The number of hydrogen-bond donors (Lipinski definition) is 2. The van der Waals surface area contributed by atoms with Gasteiger partial charge in [0, 0.05) is 45.5 Å². The minimum Gasteiger partial charge on any atom is -0.385 e. The van der Waals surface area contributed by atoms with Crippen LogP contribution < -0.4 is 16.0 Å². The van der Waals surface area contributed by atoms with Crippen molar-refractivity contribution < 1.29 is 4.74 Å². The van der Waals surface area contributed by atoms with Gasteiger partial charge in [-0.3, -0.25) is 0 Å². The van der Waals surface area contributed by atoms with E-state index in [4.69, 9.17) is 10.5 Å². The van der Waals surface area contributed by atoms with Crippen LogP contribution in [-0.4, -0.2) is 49.4 Å². The molecule has 2 rings (SSSR count). The van der Waals surface area contributed by atoms with Gasteiger partial charge in [-0.25, -0.2) is 9.97 Å². The standard InChI is InChI=1S/C12H21N5O/c1-18-6-2-4-14-11-7-12(16-9-15-11)17-5-3-10(13)8-17/h7,9-10H,2-6,8,13H2,1H3,(H,14,15,16). The van der Waals surface area contributed by atoms with Crippen LogP contribution in [0.3, 0.4) is 0 Å². The van der Waals surface area contributed by atoms with E-state index in [2.05, 4.69) is 20.2 Å². The molecule has 0 amide bonds. The summed E-state index contributed by atoms with van der Waals surface area (Å²) in [6.07, 6.45) is 3.59. The van der Waals surface area contributed by atoms with Crippen LogP contribution in [0.25, 0.3) is 0 Å². The number of rotatable bonds is 6. The number of ether oxygens (including phenoxy) is 1. The van der Waals surface area contributed by atoms with Gasteiger partial charge in [-0.2, -0.15) is 0 Å². The van der Waals surface area contributed by atoms with Crippen LogP contribution in [-0.2, 0) is 4.74 Å². The first-order chi connectivity index (χ1) is 8.79. The minimum absolute atomic E-state index is 0.262. The summed E-state index contributed by atoms with van der Waals surface area (Å²) in [5.41, 5.74) is 5.90. The quantitative estimate of drug-likeness (QED) is 0.715. The Balaban J connectivity index is 1.89. The lowest BCUT2D eigenvalue weighted by Crippen LogP contribution is -2.27. The van der Waals surface area contributed by atoms with E-state index in [1.807, 2.05) is 6.07 Å². The highest BCUT2D eigenvalue weighted by molar-refractivity contribution is 5.49. The van der Waals surface area contributed by atoms with Crippen molar-refractivity contribution in [1.29, 1.82) is 0 Å². The van der Waals surface area contributed by atoms with Gasteiger partial charge in [-0.15, -0.1) is 0 Å². The molecule has 6 nitrogen and oxygen atoms in total. The summed E-state index contributed by atoms with van der Waals surface area (Å²) < 4.78 is 5.00. The summed E-state index contributed by atoms with van der Waals surface area (Å²) in [5.74, 6) is 1.81. The molecule has 3 N–H and O–H groups in total. The Labute approximate surface area is 108 Å². The van der Waals surface area contributed by atoms with Crippen LogP contribution in [0.5, 0.6) is 0 Å². The third-order valence-electron chi connectivity index (χ3n) is 3.03. The summed E-state index contributed by atoms with van der Waals surface area (Å²) in [5, 5.41) is 3.27. The fourth-order valence-corrected chi connectivity index (χ4v) is 2.05. The zero-order valence-corrected chi connectivity index (χ0v) is 10.8. The Morgan fingerprint density at radius 2 is 2.44 bits per heavy atom. The Kier molecular flexibility index (Phi) is 4.72. The van der Waals surface area contributed by atoms with Gasteiger partial charge in [0.05, 0.1) is 0 Å². The van der Waals surface area contributed by atoms with Crippen molar-refractivity contribution in [3.05, 3.63) is 12.4 Å². The number of nitrogens with two attached hydrogens (primary N) is 1. The van der Waals surface area contributed by atoms with Gasteiger partial charge in [0.1, 0.15) is 18.0 Å². The van der Waals surface area contributed by atoms with E-state index >= 15 is 0 Å². The molecule has 1 aliphatic heterocycles. The first-order valence-electron chi connectivity index (χ1n) is 6.35. The summed E-state index contributed by atoms with van der Waals surface area (Å²) >= 11 is 0. The maximum atomic E-state index is 5.90. The average molecular weight is 251 g/mol. The zero-order chi connectivity index (χ0) is 12.8. The second-order valence-corrected chi connectivity index (χ2v) is 4.53. The first kappa shape index (κ1) is 13.0. The molecule has 1 aromatic heterocycles. The van der Waals surface area contributed by atoms with E-state index in [1.165, 1.54) is 0 Å². The lowest BCUT2D eigenvalue weighted by molar-refractivity contribution is 0.198. The fraction of sp³-hybridized carbons (Fsp3) is 0.667. The van der Waals surface area contributed by atoms with Gasteiger partial charge in [-0.05, 0) is 12.8 Å². The van der Waals surface area contributed by atoms with Crippen LogP contribution in [0.2, 0.25) is 0 Å². The number of anilines is 2. The zero-order valence-electron chi connectivity index (χ0n) is 10.8. The van der Waals surface area contributed by atoms with Crippen LogP contribution >= 0.6 is 0 Å². The van der Waals surface area contributed by atoms with Crippen LogP contribution in [0, 0.1) is 0 Å². The van der Waals surface area contributed by atoms with E-state index < -0.39 is 0 Å². The Morgan fingerprint density at radius 3 is 3.17 bits per heavy atom. The van der Waals surface area contributed by atoms with Crippen molar-refractivity contribution in [1.82, 2.24) is 9.97 Å². The Morgan fingerprint density at radius 1 is 1.56 bits per heavy atom. The minimum atomic E-state index is 0.262. The molecule has 0 bridgehead atoms. The molecule has 1 unspecified atom stereocenters. The maximum Gasteiger partial charge on any atom is 0.134 e. The highest BCUT2D eigenvalue weighted by Gasteiger charge is 2.20. The van der Waals surface area contributed by atoms with E-state index in [0.717, 1.165) is 50.7 Å². The lowest BCUT2D eigenvalue weighted by atomic mass is 10.3. The summed E-state index contributed by atoms with van der Waals surface area (Å²) in [7, 11) is 1.71. The topological polar surface area (TPSA) is 76.3 Å². The summed E-state index contributed by atoms with van der Waals surface area (Å²) in [6, 6.07) is 2.24. The van der Waals surface area contributed by atoms with Gasteiger partial charge in [0.25, 0.3) is 0 Å². The molecule has 0 radical (unpaired) electrons. The maximum absolute atomic E-state index is 5.90. The van der Waals surface area contributed by atoms with Crippen LogP contribution in [0.15, 0.2) is 12.4 Å². The Hall–Kier alpha value is -1.40. The third kappa shape index (κ3) is 3.54. The molecule has 0 spiro atoms. The molecule has 1 aliphatic rings. The lowest BCUT2D eigenvalue weighted by Gasteiger charge is -2.17. The smallest absolute Gasteiger partial charge is 0.134 e. The molecule has 1 atom stereocenters. The highest BCUT2D eigenvalue weighted by Crippen LogP contribution is 2.18. The molecule has 1 aromatic rings.